The number of halogens is 3. The van der Waals surface area contributed by atoms with Gasteiger partial charge in [-0.1, -0.05) is 11.6 Å². The molecule has 0 amide bonds. The van der Waals surface area contributed by atoms with Gasteiger partial charge in [-0.15, -0.1) is 0 Å². The molecule has 88 valence electrons. The maximum absolute atomic E-state index is 13.0. The average Bonchev–Trinajstić information content (AvgIpc) is 2.27. The fraction of sp³-hybridized carbons (Fsp3) is 0.455. The Morgan fingerprint density at radius 2 is 1.94 bits per heavy atom. The van der Waals surface area contributed by atoms with Gasteiger partial charge in [-0.05, 0) is 25.9 Å². The van der Waals surface area contributed by atoms with Gasteiger partial charge in [0.05, 0.1) is 5.02 Å². The zero-order chi connectivity index (χ0) is 11.5. The Hall–Kier alpha value is -0.870. The van der Waals surface area contributed by atoms with Gasteiger partial charge in [-0.25, -0.2) is 8.78 Å². The van der Waals surface area contributed by atoms with Crippen molar-refractivity contribution in [2.24, 2.45) is 0 Å². The number of rotatable bonds is 2. The Labute approximate surface area is 97.5 Å². The Morgan fingerprint density at radius 1 is 1.25 bits per heavy atom. The van der Waals surface area contributed by atoms with Crippen LogP contribution in [0.25, 0.3) is 0 Å². The summed E-state index contributed by atoms with van der Waals surface area (Å²) in [6, 6.07) is 2.34. The van der Waals surface area contributed by atoms with E-state index in [9.17, 15) is 8.78 Å². The van der Waals surface area contributed by atoms with E-state index in [0.29, 0.717) is 0 Å². The van der Waals surface area contributed by atoms with Crippen LogP contribution in [0.5, 0.6) is 5.75 Å². The largest absolute Gasteiger partial charge is 0.490 e. The van der Waals surface area contributed by atoms with Crippen LogP contribution < -0.4 is 10.1 Å². The van der Waals surface area contributed by atoms with Crippen LogP contribution in [-0.2, 0) is 0 Å². The predicted octanol–water partition coefficient (Wildman–Crippen LogP) is 2.75. The molecular formula is C11H12ClF2NO. The molecule has 1 aromatic rings. The molecule has 0 unspecified atom stereocenters. The summed E-state index contributed by atoms with van der Waals surface area (Å²) < 4.78 is 31.5. The summed E-state index contributed by atoms with van der Waals surface area (Å²) in [5, 5.41) is 2.95. The maximum Gasteiger partial charge on any atom is 0.177 e. The minimum absolute atomic E-state index is 0.0437. The zero-order valence-electron chi connectivity index (χ0n) is 8.60. The number of hydrogen-bond acceptors (Lipinski definition) is 2. The van der Waals surface area contributed by atoms with Crippen LogP contribution >= 0.6 is 11.6 Å². The SMILES string of the molecule is Fc1cc(OC2CCNCC2)cc(Cl)c1F. The van der Waals surface area contributed by atoms with Crippen LogP contribution in [0.2, 0.25) is 5.02 Å². The summed E-state index contributed by atoms with van der Waals surface area (Å²) in [6.07, 6.45) is 1.76. The second-order valence-electron chi connectivity index (χ2n) is 3.77. The first kappa shape index (κ1) is 11.6. The van der Waals surface area contributed by atoms with E-state index in [4.69, 9.17) is 16.3 Å². The number of piperidine rings is 1. The van der Waals surface area contributed by atoms with Crippen molar-refractivity contribution in [1.29, 1.82) is 0 Å². The molecule has 2 nitrogen and oxygen atoms in total. The molecule has 16 heavy (non-hydrogen) atoms. The van der Waals surface area contributed by atoms with Crippen molar-refractivity contribution >= 4 is 11.6 Å². The highest BCUT2D eigenvalue weighted by atomic mass is 35.5. The maximum atomic E-state index is 13.0. The molecule has 0 saturated carbocycles. The highest BCUT2D eigenvalue weighted by Crippen LogP contribution is 2.26. The summed E-state index contributed by atoms with van der Waals surface area (Å²) in [6.45, 7) is 1.75. The fourth-order valence-corrected chi connectivity index (χ4v) is 1.90. The summed E-state index contributed by atoms with van der Waals surface area (Å²) in [4.78, 5) is 0. The molecule has 0 bridgehead atoms. The van der Waals surface area contributed by atoms with E-state index in [0.717, 1.165) is 32.0 Å². The van der Waals surface area contributed by atoms with E-state index in [1.807, 2.05) is 0 Å². The van der Waals surface area contributed by atoms with Gasteiger partial charge < -0.3 is 10.1 Å². The number of benzene rings is 1. The molecule has 0 aromatic heterocycles. The van der Waals surface area contributed by atoms with Gasteiger partial charge in [0.1, 0.15) is 11.9 Å². The Bertz CT molecular complexity index is 357. The van der Waals surface area contributed by atoms with Gasteiger partial charge in [0, 0.05) is 12.1 Å². The van der Waals surface area contributed by atoms with Crippen LogP contribution in [-0.4, -0.2) is 19.2 Å². The second kappa shape index (κ2) is 4.97. The van der Waals surface area contributed by atoms with Gasteiger partial charge in [0.15, 0.2) is 11.6 Å². The third kappa shape index (κ3) is 2.62. The molecule has 0 spiro atoms. The Morgan fingerprint density at radius 3 is 2.56 bits per heavy atom. The van der Waals surface area contributed by atoms with Crippen molar-refractivity contribution < 1.29 is 13.5 Å². The minimum atomic E-state index is -1.03. The fourth-order valence-electron chi connectivity index (χ4n) is 1.71. The topological polar surface area (TPSA) is 21.3 Å². The third-order valence-electron chi connectivity index (χ3n) is 2.55. The molecule has 0 aliphatic carbocycles. The molecule has 1 N–H and O–H groups in total. The Balaban J connectivity index is 2.09. The van der Waals surface area contributed by atoms with E-state index in [-0.39, 0.29) is 16.9 Å². The quantitative estimate of drug-likeness (QED) is 0.812. The second-order valence-corrected chi connectivity index (χ2v) is 4.18. The third-order valence-corrected chi connectivity index (χ3v) is 2.82. The van der Waals surface area contributed by atoms with E-state index in [2.05, 4.69) is 5.32 Å². The Kier molecular flexibility index (Phi) is 3.61. The molecule has 1 heterocycles. The van der Waals surface area contributed by atoms with Gasteiger partial charge >= 0.3 is 0 Å². The van der Waals surface area contributed by atoms with E-state index in [1.165, 1.54) is 6.07 Å². The summed E-state index contributed by atoms with van der Waals surface area (Å²) in [5.74, 6) is -1.72. The lowest BCUT2D eigenvalue weighted by molar-refractivity contribution is 0.161. The van der Waals surface area contributed by atoms with Gasteiger partial charge in [-0.2, -0.15) is 0 Å². The number of hydrogen-bond donors (Lipinski definition) is 1. The number of ether oxygens (including phenoxy) is 1. The average molecular weight is 248 g/mol. The lowest BCUT2D eigenvalue weighted by Crippen LogP contribution is -2.34. The molecule has 1 fully saturated rings. The highest BCUT2D eigenvalue weighted by Gasteiger charge is 2.16. The smallest absolute Gasteiger partial charge is 0.177 e. The van der Waals surface area contributed by atoms with E-state index < -0.39 is 11.6 Å². The molecule has 2 rings (SSSR count). The number of nitrogens with one attached hydrogen (secondary N) is 1. The highest BCUT2D eigenvalue weighted by molar-refractivity contribution is 6.30. The first-order chi connectivity index (χ1) is 7.66. The molecular weight excluding hydrogens is 236 g/mol. The van der Waals surface area contributed by atoms with Crippen molar-refractivity contribution in [3.05, 3.63) is 28.8 Å². The van der Waals surface area contributed by atoms with Gasteiger partial charge in [-0.3, -0.25) is 0 Å². The summed E-state index contributed by atoms with van der Waals surface area (Å²) in [7, 11) is 0. The summed E-state index contributed by atoms with van der Waals surface area (Å²) >= 11 is 5.53. The van der Waals surface area contributed by atoms with Crippen LogP contribution in [0.4, 0.5) is 8.78 Å². The van der Waals surface area contributed by atoms with Gasteiger partial charge in [0.25, 0.3) is 0 Å². The van der Waals surface area contributed by atoms with E-state index in [1.54, 1.807) is 0 Å². The van der Waals surface area contributed by atoms with Crippen molar-refractivity contribution in [3.63, 3.8) is 0 Å². The molecule has 1 aliphatic rings. The van der Waals surface area contributed by atoms with Crippen molar-refractivity contribution in [1.82, 2.24) is 5.32 Å². The molecule has 0 radical (unpaired) electrons. The van der Waals surface area contributed by atoms with Crippen molar-refractivity contribution in [2.75, 3.05) is 13.1 Å². The molecule has 0 atom stereocenters. The first-order valence-corrected chi connectivity index (χ1v) is 5.56. The lowest BCUT2D eigenvalue weighted by Gasteiger charge is -2.23. The van der Waals surface area contributed by atoms with Crippen molar-refractivity contribution in [3.8, 4) is 5.75 Å². The van der Waals surface area contributed by atoms with Crippen LogP contribution in [0.15, 0.2) is 12.1 Å². The standard InChI is InChI=1S/C11H12ClF2NO/c12-9-5-8(6-10(13)11(9)14)16-7-1-3-15-4-2-7/h5-7,15H,1-4H2. The lowest BCUT2D eigenvalue weighted by atomic mass is 10.1. The van der Waals surface area contributed by atoms with Crippen LogP contribution in [0.1, 0.15) is 12.8 Å². The molecule has 1 aliphatic heterocycles. The monoisotopic (exact) mass is 247 g/mol. The first-order valence-electron chi connectivity index (χ1n) is 5.19. The predicted molar refractivity (Wildman–Crippen MR) is 57.9 cm³/mol. The van der Waals surface area contributed by atoms with Crippen molar-refractivity contribution in [2.45, 2.75) is 18.9 Å². The normalized spacial score (nSPS) is 17.4. The molecule has 1 saturated heterocycles. The molecule has 5 heteroatoms. The van der Waals surface area contributed by atoms with Gasteiger partial charge in [0.2, 0.25) is 0 Å². The zero-order valence-corrected chi connectivity index (χ0v) is 9.36. The van der Waals surface area contributed by atoms with Crippen LogP contribution in [0, 0.1) is 11.6 Å². The summed E-state index contributed by atoms with van der Waals surface area (Å²) in [5.41, 5.74) is 0. The van der Waals surface area contributed by atoms with Crippen LogP contribution in [0.3, 0.4) is 0 Å². The molecule has 1 aromatic carbocycles. The van der Waals surface area contributed by atoms with E-state index >= 15 is 0 Å². The minimum Gasteiger partial charge on any atom is -0.490 e.